The minimum atomic E-state index is -4.43. The molecule has 1 fully saturated rings. The summed E-state index contributed by atoms with van der Waals surface area (Å²) in [5.74, 6) is -0.0686. The molecular formula is C23H22F3N5O. The fraction of sp³-hybridized carbons (Fsp3) is 0.261. The van der Waals surface area contributed by atoms with Crippen LogP contribution >= 0.6 is 0 Å². The second kappa shape index (κ2) is 9.35. The Morgan fingerprint density at radius 1 is 0.969 bits per heavy atom. The Labute approximate surface area is 183 Å². The first-order valence-electron chi connectivity index (χ1n) is 10.3. The maximum atomic E-state index is 12.9. The minimum Gasteiger partial charge on any atom is -0.350 e. The number of hydrogen-bond acceptors (Lipinski definition) is 5. The van der Waals surface area contributed by atoms with Crippen LogP contribution in [0.3, 0.4) is 0 Å². The van der Waals surface area contributed by atoms with Crippen molar-refractivity contribution in [3.8, 4) is 0 Å². The lowest BCUT2D eigenvalue weighted by atomic mass is 10.1. The second-order valence-electron chi connectivity index (χ2n) is 7.50. The molecule has 1 aromatic carbocycles. The summed E-state index contributed by atoms with van der Waals surface area (Å²) in [6, 6.07) is 11.4. The van der Waals surface area contributed by atoms with Crippen LogP contribution in [-0.2, 0) is 6.18 Å². The van der Waals surface area contributed by atoms with Crippen molar-refractivity contribution in [3.05, 3.63) is 83.8 Å². The number of pyridine rings is 2. The zero-order chi connectivity index (χ0) is 22.6. The summed E-state index contributed by atoms with van der Waals surface area (Å²) in [5.41, 5.74) is 0.792. The van der Waals surface area contributed by atoms with E-state index in [1.807, 2.05) is 12.1 Å². The van der Waals surface area contributed by atoms with Gasteiger partial charge in [-0.15, -0.1) is 0 Å². The van der Waals surface area contributed by atoms with E-state index in [1.165, 1.54) is 12.1 Å². The van der Waals surface area contributed by atoms with Crippen molar-refractivity contribution in [2.75, 3.05) is 23.7 Å². The summed E-state index contributed by atoms with van der Waals surface area (Å²) in [7, 11) is 0. The number of rotatable bonds is 6. The number of benzene rings is 1. The Morgan fingerprint density at radius 2 is 1.66 bits per heavy atom. The first-order chi connectivity index (χ1) is 15.4. The molecule has 0 radical (unpaired) electrons. The number of hydrogen-bond donors (Lipinski definition) is 2. The Kier molecular flexibility index (Phi) is 6.36. The predicted octanol–water partition coefficient (Wildman–Crippen LogP) is 4.95. The molecule has 1 unspecified atom stereocenters. The lowest BCUT2D eigenvalue weighted by Gasteiger charge is -2.29. The zero-order valence-electron chi connectivity index (χ0n) is 17.1. The summed E-state index contributed by atoms with van der Waals surface area (Å²) in [5, 5.41) is 6.03. The lowest BCUT2D eigenvalue weighted by Crippen LogP contribution is -2.32. The van der Waals surface area contributed by atoms with E-state index in [2.05, 4.69) is 25.5 Å². The number of nitrogens with one attached hydrogen (secondary N) is 2. The number of nitrogens with zero attached hydrogens (tertiary/aromatic N) is 3. The standard InChI is InChI=1S/C23H22F3N5O/c24-23(25,26)17-5-7-18(8-6-17)29-22(32)19-4-3-11-28-20(19)30-21(31-14-1-2-15-31)16-9-12-27-13-10-16/h3-13,21H,1-2,14-15H2,(H,28,30)(H,29,32). The van der Waals surface area contributed by atoms with Gasteiger partial charge in [-0.2, -0.15) is 13.2 Å². The first kappa shape index (κ1) is 21.8. The fourth-order valence-corrected chi connectivity index (χ4v) is 3.70. The number of alkyl halides is 3. The maximum Gasteiger partial charge on any atom is 0.416 e. The monoisotopic (exact) mass is 441 g/mol. The second-order valence-corrected chi connectivity index (χ2v) is 7.50. The van der Waals surface area contributed by atoms with Crippen LogP contribution in [0.5, 0.6) is 0 Å². The molecule has 0 saturated carbocycles. The Bertz CT molecular complexity index is 1050. The van der Waals surface area contributed by atoms with Gasteiger partial charge in [-0.1, -0.05) is 0 Å². The molecule has 1 aliphatic rings. The molecule has 1 atom stereocenters. The molecule has 2 N–H and O–H groups in total. The molecule has 3 heterocycles. The number of carbonyl (C=O) groups excluding carboxylic acids is 1. The molecule has 3 aromatic rings. The number of likely N-dealkylation sites (tertiary alicyclic amines) is 1. The highest BCUT2D eigenvalue weighted by Gasteiger charge is 2.30. The van der Waals surface area contributed by atoms with E-state index in [0.29, 0.717) is 11.4 Å². The topological polar surface area (TPSA) is 70.1 Å². The molecule has 0 spiro atoms. The lowest BCUT2D eigenvalue weighted by molar-refractivity contribution is -0.137. The highest BCUT2D eigenvalue weighted by Crippen LogP contribution is 2.30. The molecule has 4 rings (SSSR count). The van der Waals surface area contributed by atoms with Gasteiger partial charge in [-0.3, -0.25) is 14.7 Å². The van der Waals surface area contributed by atoms with E-state index in [4.69, 9.17) is 0 Å². The smallest absolute Gasteiger partial charge is 0.350 e. The van der Waals surface area contributed by atoms with Crippen molar-refractivity contribution in [2.24, 2.45) is 0 Å². The van der Waals surface area contributed by atoms with Crippen molar-refractivity contribution in [2.45, 2.75) is 25.2 Å². The van der Waals surface area contributed by atoms with Crippen molar-refractivity contribution in [1.29, 1.82) is 0 Å². The van der Waals surface area contributed by atoms with Gasteiger partial charge in [0.2, 0.25) is 0 Å². The number of anilines is 2. The third-order valence-electron chi connectivity index (χ3n) is 5.32. The average molecular weight is 441 g/mol. The van der Waals surface area contributed by atoms with Gasteiger partial charge in [-0.25, -0.2) is 4.98 Å². The van der Waals surface area contributed by atoms with Crippen molar-refractivity contribution in [1.82, 2.24) is 14.9 Å². The van der Waals surface area contributed by atoms with E-state index in [9.17, 15) is 18.0 Å². The number of halogens is 3. The van der Waals surface area contributed by atoms with Crippen molar-refractivity contribution in [3.63, 3.8) is 0 Å². The predicted molar refractivity (Wildman–Crippen MR) is 115 cm³/mol. The SMILES string of the molecule is O=C(Nc1ccc(C(F)(F)F)cc1)c1cccnc1NC(c1ccncc1)N1CCCC1. The third kappa shape index (κ3) is 5.05. The molecule has 32 heavy (non-hydrogen) atoms. The van der Waals surface area contributed by atoms with Crippen LogP contribution in [0.4, 0.5) is 24.7 Å². The van der Waals surface area contributed by atoms with Gasteiger partial charge >= 0.3 is 6.18 Å². The van der Waals surface area contributed by atoms with Crippen LogP contribution in [0.1, 0.15) is 40.5 Å². The summed E-state index contributed by atoms with van der Waals surface area (Å²) >= 11 is 0. The van der Waals surface area contributed by atoms with Gasteiger partial charge in [-0.05, 0) is 66.9 Å². The van der Waals surface area contributed by atoms with E-state index in [-0.39, 0.29) is 11.9 Å². The molecule has 0 bridgehead atoms. The highest BCUT2D eigenvalue weighted by molar-refractivity contribution is 6.07. The van der Waals surface area contributed by atoms with Crippen molar-refractivity contribution >= 4 is 17.4 Å². The third-order valence-corrected chi connectivity index (χ3v) is 5.32. The first-order valence-corrected chi connectivity index (χ1v) is 10.3. The fourth-order valence-electron chi connectivity index (χ4n) is 3.70. The highest BCUT2D eigenvalue weighted by atomic mass is 19.4. The number of amides is 1. The maximum absolute atomic E-state index is 12.9. The minimum absolute atomic E-state index is 0.187. The molecule has 1 aliphatic heterocycles. The van der Waals surface area contributed by atoms with Crippen LogP contribution in [0.25, 0.3) is 0 Å². The zero-order valence-corrected chi connectivity index (χ0v) is 17.1. The molecule has 2 aromatic heterocycles. The van der Waals surface area contributed by atoms with Gasteiger partial charge < -0.3 is 10.6 Å². The molecule has 1 amide bonds. The Morgan fingerprint density at radius 3 is 2.31 bits per heavy atom. The van der Waals surface area contributed by atoms with E-state index < -0.39 is 17.6 Å². The van der Waals surface area contributed by atoms with Crippen LogP contribution < -0.4 is 10.6 Å². The van der Waals surface area contributed by atoms with Gasteiger partial charge in [0.05, 0.1) is 11.1 Å². The van der Waals surface area contributed by atoms with Gasteiger partial charge in [0.25, 0.3) is 5.91 Å². The summed E-state index contributed by atoms with van der Waals surface area (Å²) < 4.78 is 38.3. The Hall–Kier alpha value is -3.46. The van der Waals surface area contributed by atoms with Crippen LogP contribution in [0.2, 0.25) is 0 Å². The summed E-state index contributed by atoms with van der Waals surface area (Å²) in [6.45, 7) is 1.83. The van der Waals surface area contributed by atoms with Crippen LogP contribution in [0, 0.1) is 0 Å². The molecule has 1 saturated heterocycles. The van der Waals surface area contributed by atoms with E-state index in [1.54, 1.807) is 30.7 Å². The van der Waals surface area contributed by atoms with Crippen molar-refractivity contribution < 1.29 is 18.0 Å². The number of carbonyl (C=O) groups is 1. The molecule has 0 aliphatic carbocycles. The quantitative estimate of drug-likeness (QED) is 0.566. The normalized spacial score (nSPS) is 15.3. The van der Waals surface area contributed by atoms with Gasteiger partial charge in [0.1, 0.15) is 12.0 Å². The van der Waals surface area contributed by atoms with E-state index >= 15 is 0 Å². The van der Waals surface area contributed by atoms with Crippen LogP contribution in [-0.4, -0.2) is 33.9 Å². The van der Waals surface area contributed by atoms with Crippen LogP contribution in [0.15, 0.2) is 67.1 Å². The van der Waals surface area contributed by atoms with Gasteiger partial charge in [0.15, 0.2) is 0 Å². The molecular weight excluding hydrogens is 419 g/mol. The Balaban J connectivity index is 1.55. The summed E-state index contributed by atoms with van der Waals surface area (Å²) in [4.78, 5) is 23.6. The molecule has 6 nitrogen and oxygen atoms in total. The average Bonchev–Trinajstić information content (AvgIpc) is 3.32. The number of aromatic nitrogens is 2. The molecule has 166 valence electrons. The van der Waals surface area contributed by atoms with Gasteiger partial charge in [0, 0.05) is 37.4 Å². The van der Waals surface area contributed by atoms with E-state index in [0.717, 1.165) is 43.6 Å². The molecule has 9 heteroatoms. The largest absolute Gasteiger partial charge is 0.416 e. The summed E-state index contributed by atoms with van der Waals surface area (Å²) in [6.07, 6.45) is 2.59.